The number of hydrogen-bond acceptors (Lipinski definition) is 4. The minimum Gasteiger partial charge on any atom is -0.467 e. The lowest BCUT2D eigenvalue weighted by molar-refractivity contribution is -0.131. The summed E-state index contributed by atoms with van der Waals surface area (Å²) in [5, 5.41) is 8.85. The third kappa shape index (κ3) is 4.58. The molecule has 5 nitrogen and oxygen atoms in total. The maximum atomic E-state index is 11.9. The number of carbonyl (C=O) groups is 1. The van der Waals surface area contributed by atoms with Crippen molar-refractivity contribution in [2.24, 2.45) is 0 Å². The Balaban J connectivity index is 2.40. The standard InChI is InChI=1S/C12H20N2O3/c1-3-14(6-7-15)10-12(16)13(2)9-11-5-4-8-17-11/h4-5,8,15H,3,6-7,9-10H2,1-2H3. The van der Waals surface area contributed by atoms with E-state index in [9.17, 15) is 4.79 Å². The van der Waals surface area contributed by atoms with Crippen molar-refractivity contribution in [3.63, 3.8) is 0 Å². The Hall–Kier alpha value is -1.33. The summed E-state index contributed by atoms with van der Waals surface area (Å²) in [6, 6.07) is 3.65. The molecule has 1 aromatic rings. The van der Waals surface area contributed by atoms with Crippen LogP contribution in [0.4, 0.5) is 0 Å². The van der Waals surface area contributed by atoms with E-state index in [4.69, 9.17) is 9.52 Å². The van der Waals surface area contributed by atoms with E-state index in [1.165, 1.54) is 0 Å². The Kier molecular flexibility index (Phi) is 5.72. The second-order valence-corrected chi connectivity index (χ2v) is 3.92. The number of nitrogens with zero attached hydrogens (tertiary/aromatic N) is 2. The molecule has 0 saturated carbocycles. The summed E-state index contributed by atoms with van der Waals surface area (Å²) >= 11 is 0. The van der Waals surface area contributed by atoms with E-state index in [1.54, 1.807) is 24.3 Å². The molecule has 0 aliphatic heterocycles. The highest BCUT2D eigenvalue weighted by Crippen LogP contribution is 2.04. The van der Waals surface area contributed by atoms with Crippen LogP contribution in [0.3, 0.4) is 0 Å². The molecule has 17 heavy (non-hydrogen) atoms. The highest BCUT2D eigenvalue weighted by atomic mass is 16.3. The van der Waals surface area contributed by atoms with Gasteiger partial charge in [0.1, 0.15) is 5.76 Å². The number of amides is 1. The molecule has 1 N–H and O–H groups in total. The quantitative estimate of drug-likeness (QED) is 0.756. The molecule has 1 rings (SSSR count). The van der Waals surface area contributed by atoms with Crippen LogP contribution in [0, 0.1) is 0 Å². The monoisotopic (exact) mass is 240 g/mol. The van der Waals surface area contributed by atoms with Crippen LogP contribution in [0.5, 0.6) is 0 Å². The fourth-order valence-electron chi connectivity index (χ4n) is 1.53. The van der Waals surface area contributed by atoms with E-state index < -0.39 is 0 Å². The first-order chi connectivity index (χ1) is 8.17. The molecule has 96 valence electrons. The van der Waals surface area contributed by atoms with Gasteiger partial charge in [-0.05, 0) is 18.7 Å². The molecule has 0 aromatic carbocycles. The summed E-state index contributed by atoms with van der Waals surface area (Å²) in [7, 11) is 1.75. The van der Waals surface area contributed by atoms with Gasteiger partial charge in [0.15, 0.2) is 0 Å². The van der Waals surface area contributed by atoms with Gasteiger partial charge in [0.25, 0.3) is 0 Å². The van der Waals surface area contributed by atoms with Crippen molar-refractivity contribution in [1.29, 1.82) is 0 Å². The first-order valence-electron chi connectivity index (χ1n) is 5.77. The van der Waals surface area contributed by atoms with E-state index in [0.29, 0.717) is 19.6 Å². The summed E-state index contributed by atoms with van der Waals surface area (Å²) < 4.78 is 5.19. The molecular weight excluding hydrogens is 220 g/mol. The lowest BCUT2D eigenvalue weighted by atomic mass is 10.3. The van der Waals surface area contributed by atoms with E-state index in [1.807, 2.05) is 17.9 Å². The van der Waals surface area contributed by atoms with Gasteiger partial charge in [-0.15, -0.1) is 0 Å². The number of hydrogen-bond donors (Lipinski definition) is 1. The van der Waals surface area contributed by atoms with Crippen molar-refractivity contribution in [3.05, 3.63) is 24.2 Å². The third-order valence-electron chi connectivity index (χ3n) is 2.62. The molecule has 0 spiro atoms. The van der Waals surface area contributed by atoms with Crippen molar-refractivity contribution in [2.75, 3.05) is 33.3 Å². The van der Waals surface area contributed by atoms with Gasteiger partial charge in [-0.25, -0.2) is 0 Å². The van der Waals surface area contributed by atoms with Gasteiger partial charge in [-0.3, -0.25) is 9.69 Å². The molecular formula is C12H20N2O3. The predicted molar refractivity (Wildman–Crippen MR) is 64.4 cm³/mol. The van der Waals surface area contributed by atoms with Crippen molar-refractivity contribution in [3.8, 4) is 0 Å². The summed E-state index contributed by atoms with van der Waals surface area (Å²) in [4.78, 5) is 15.4. The van der Waals surface area contributed by atoms with Crippen LogP contribution in [-0.2, 0) is 11.3 Å². The molecule has 1 heterocycles. The van der Waals surface area contributed by atoms with E-state index in [-0.39, 0.29) is 12.5 Å². The second kappa shape index (κ2) is 7.09. The van der Waals surface area contributed by atoms with Gasteiger partial charge in [0.05, 0.1) is 26.0 Å². The maximum absolute atomic E-state index is 11.9. The molecule has 0 bridgehead atoms. The predicted octanol–water partition coefficient (Wildman–Crippen LogP) is 0.552. The highest BCUT2D eigenvalue weighted by molar-refractivity contribution is 5.77. The van der Waals surface area contributed by atoms with Gasteiger partial charge < -0.3 is 14.4 Å². The van der Waals surface area contributed by atoms with Crippen molar-refractivity contribution < 1.29 is 14.3 Å². The molecule has 0 unspecified atom stereocenters. The Morgan fingerprint density at radius 3 is 2.82 bits per heavy atom. The average Bonchev–Trinajstić information content (AvgIpc) is 2.81. The number of carbonyl (C=O) groups excluding carboxylic acids is 1. The zero-order valence-electron chi connectivity index (χ0n) is 10.4. The number of rotatable bonds is 7. The van der Waals surface area contributed by atoms with Crippen LogP contribution in [-0.4, -0.2) is 54.1 Å². The number of furan rings is 1. The molecule has 0 atom stereocenters. The number of aliphatic hydroxyl groups excluding tert-OH is 1. The number of aliphatic hydroxyl groups is 1. The van der Waals surface area contributed by atoms with Gasteiger partial charge in [0.2, 0.25) is 5.91 Å². The molecule has 0 saturated heterocycles. The molecule has 0 aliphatic carbocycles. The van der Waals surface area contributed by atoms with Crippen LogP contribution < -0.4 is 0 Å². The first-order valence-corrected chi connectivity index (χ1v) is 5.77. The maximum Gasteiger partial charge on any atom is 0.236 e. The van der Waals surface area contributed by atoms with E-state index in [0.717, 1.165) is 12.3 Å². The Bertz CT molecular complexity index is 325. The normalized spacial score (nSPS) is 10.8. The topological polar surface area (TPSA) is 56.9 Å². The summed E-state index contributed by atoms with van der Waals surface area (Å²) in [6.07, 6.45) is 1.59. The molecule has 0 radical (unpaired) electrons. The van der Waals surface area contributed by atoms with Crippen LogP contribution in [0.25, 0.3) is 0 Å². The first kappa shape index (κ1) is 13.7. The fraction of sp³-hybridized carbons (Fsp3) is 0.583. The molecule has 0 aliphatic rings. The lowest BCUT2D eigenvalue weighted by Crippen LogP contribution is -2.39. The minimum absolute atomic E-state index is 0.0247. The lowest BCUT2D eigenvalue weighted by Gasteiger charge is -2.22. The van der Waals surface area contributed by atoms with Crippen LogP contribution >= 0.6 is 0 Å². The zero-order valence-corrected chi connectivity index (χ0v) is 10.4. The smallest absolute Gasteiger partial charge is 0.236 e. The van der Waals surface area contributed by atoms with Crippen LogP contribution in [0.2, 0.25) is 0 Å². The average molecular weight is 240 g/mol. The van der Waals surface area contributed by atoms with E-state index >= 15 is 0 Å². The molecule has 5 heteroatoms. The minimum atomic E-state index is 0.0247. The summed E-state index contributed by atoms with van der Waals surface area (Å²) in [6.45, 7) is 4.12. The summed E-state index contributed by atoms with van der Waals surface area (Å²) in [5.74, 6) is 0.794. The van der Waals surface area contributed by atoms with Gasteiger partial charge in [0, 0.05) is 13.6 Å². The van der Waals surface area contributed by atoms with E-state index in [2.05, 4.69) is 0 Å². The van der Waals surface area contributed by atoms with Crippen LogP contribution in [0.1, 0.15) is 12.7 Å². The SMILES string of the molecule is CCN(CCO)CC(=O)N(C)Cc1ccco1. The second-order valence-electron chi connectivity index (χ2n) is 3.92. The third-order valence-corrected chi connectivity index (χ3v) is 2.62. The Labute approximate surface area is 102 Å². The zero-order chi connectivity index (χ0) is 12.7. The van der Waals surface area contributed by atoms with Crippen molar-refractivity contribution in [2.45, 2.75) is 13.5 Å². The van der Waals surface area contributed by atoms with Gasteiger partial charge in [-0.2, -0.15) is 0 Å². The number of likely N-dealkylation sites (N-methyl/N-ethyl adjacent to an activating group) is 2. The Morgan fingerprint density at radius 1 is 1.53 bits per heavy atom. The largest absolute Gasteiger partial charge is 0.467 e. The van der Waals surface area contributed by atoms with Crippen molar-refractivity contribution >= 4 is 5.91 Å². The molecule has 1 aromatic heterocycles. The molecule has 0 fully saturated rings. The molecule has 1 amide bonds. The highest BCUT2D eigenvalue weighted by Gasteiger charge is 2.14. The van der Waals surface area contributed by atoms with Gasteiger partial charge in [-0.1, -0.05) is 6.92 Å². The van der Waals surface area contributed by atoms with Crippen molar-refractivity contribution in [1.82, 2.24) is 9.80 Å². The van der Waals surface area contributed by atoms with Gasteiger partial charge >= 0.3 is 0 Å². The fourth-order valence-corrected chi connectivity index (χ4v) is 1.53. The summed E-state index contributed by atoms with van der Waals surface area (Å²) in [5.41, 5.74) is 0. The Morgan fingerprint density at radius 2 is 2.29 bits per heavy atom. The van der Waals surface area contributed by atoms with Crippen LogP contribution in [0.15, 0.2) is 22.8 Å².